The van der Waals surface area contributed by atoms with Crippen LogP contribution in [0, 0.1) is 5.92 Å². The van der Waals surface area contributed by atoms with Crippen molar-refractivity contribution in [1.82, 2.24) is 4.90 Å². The van der Waals surface area contributed by atoms with Crippen LogP contribution in [0.2, 0.25) is 0 Å². The quantitative estimate of drug-likeness (QED) is 0.491. The van der Waals surface area contributed by atoms with Crippen LogP contribution in [0.1, 0.15) is 38.2 Å². The van der Waals surface area contributed by atoms with Gasteiger partial charge in [-0.25, -0.2) is 0 Å². The fourth-order valence-corrected chi connectivity index (χ4v) is 3.79. The van der Waals surface area contributed by atoms with Crippen LogP contribution < -0.4 is 0 Å². The number of oxime groups is 1. The van der Waals surface area contributed by atoms with E-state index in [1.165, 1.54) is 24.0 Å². The first-order chi connectivity index (χ1) is 12.7. The third-order valence-corrected chi connectivity index (χ3v) is 5.60. The fourth-order valence-electron chi connectivity index (χ4n) is 3.53. The summed E-state index contributed by atoms with van der Waals surface area (Å²) in [7, 11) is 0. The fraction of sp³-hybridized carbons (Fsp3) is 0.571. The van der Waals surface area contributed by atoms with Crippen molar-refractivity contribution in [2.45, 2.75) is 32.6 Å². The van der Waals surface area contributed by atoms with Crippen LogP contribution in [0.3, 0.4) is 0 Å². The minimum atomic E-state index is 0.463. The number of benzene rings is 1. The first-order valence-electron chi connectivity index (χ1n) is 9.69. The molecular weight excluding hydrogens is 392 g/mol. The van der Waals surface area contributed by atoms with Gasteiger partial charge in [0.1, 0.15) is 6.61 Å². The van der Waals surface area contributed by atoms with Gasteiger partial charge in [0.15, 0.2) is 0 Å². The van der Waals surface area contributed by atoms with E-state index in [0.717, 1.165) is 55.9 Å². The normalized spacial score (nSPS) is 24.9. The number of allylic oxidation sites excluding steroid dienone is 1. The van der Waals surface area contributed by atoms with Crippen molar-refractivity contribution in [2.24, 2.45) is 11.1 Å². The molecule has 1 saturated carbocycles. The summed E-state index contributed by atoms with van der Waals surface area (Å²) in [6, 6.07) is 8.43. The summed E-state index contributed by atoms with van der Waals surface area (Å²) in [5, 5.41) is 4.54. The molecule has 3 rings (SSSR count). The SMILES string of the molecule is C[C@@H]1CCCC(=C\c2ccc(Br)cc2)/C1=N/OCCCN1CCOCC1. The average Bonchev–Trinajstić information content (AvgIpc) is 2.66. The molecule has 0 aromatic heterocycles. The monoisotopic (exact) mass is 420 g/mol. The van der Waals surface area contributed by atoms with Gasteiger partial charge in [-0.15, -0.1) is 0 Å². The Labute approximate surface area is 165 Å². The zero-order chi connectivity index (χ0) is 18.2. The van der Waals surface area contributed by atoms with Gasteiger partial charge in [-0.1, -0.05) is 40.1 Å². The predicted octanol–water partition coefficient (Wildman–Crippen LogP) is 4.75. The lowest BCUT2D eigenvalue weighted by Crippen LogP contribution is -2.37. The Hall–Kier alpha value is -1.17. The third-order valence-electron chi connectivity index (χ3n) is 5.07. The summed E-state index contributed by atoms with van der Waals surface area (Å²) in [5.74, 6) is 0.463. The Morgan fingerprint density at radius 3 is 2.81 bits per heavy atom. The van der Waals surface area contributed by atoms with E-state index < -0.39 is 0 Å². The molecule has 26 heavy (non-hydrogen) atoms. The number of rotatable bonds is 6. The molecule has 1 aromatic rings. The molecule has 1 aliphatic heterocycles. The summed E-state index contributed by atoms with van der Waals surface area (Å²) in [6.45, 7) is 7.77. The van der Waals surface area contributed by atoms with E-state index in [1.807, 2.05) is 0 Å². The van der Waals surface area contributed by atoms with Gasteiger partial charge in [-0.3, -0.25) is 4.90 Å². The molecule has 0 unspecified atom stereocenters. The van der Waals surface area contributed by atoms with Crippen molar-refractivity contribution in [2.75, 3.05) is 39.5 Å². The van der Waals surface area contributed by atoms with Crippen molar-refractivity contribution in [3.05, 3.63) is 39.9 Å². The van der Waals surface area contributed by atoms with Crippen LogP contribution in [-0.2, 0) is 9.57 Å². The van der Waals surface area contributed by atoms with E-state index in [4.69, 9.17) is 9.57 Å². The van der Waals surface area contributed by atoms with E-state index in [-0.39, 0.29) is 0 Å². The molecule has 2 fully saturated rings. The molecule has 1 saturated heterocycles. The maximum absolute atomic E-state index is 5.70. The zero-order valence-electron chi connectivity index (χ0n) is 15.6. The molecular formula is C21H29BrN2O2. The number of ether oxygens (including phenoxy) is 1. The molecule has 0 amide bonds. The summed E-state index contributed by atoms with van der Waals surface area (Å²) in [4.78, 5) is 8.14. The lowest BCUT2D eigenvalue weighted by atomic mass is 9.84. The van der Waals surface area contributed by atoms with Crippen LogP contribution >= 0.6 is 15.9 Å². The molecule has 0 N–H and O–H groups in total. The van der Waals surface area contributed by atoms with Gasteiger partial charge in [0.05, 0.1) is 18.9 Å². The first kappa shape index (κ1) is 19.6. The van der Waals surface area contributed by atoms with Gasteiger partial charge < -0.3 is 9.57 Å². The van der Waals surface area contributed by atoms with Gasteiger partial charge in [0, 0.05) is 30.0 Å². The van der Waals surface area contributed by atoms with Crippen LogP contribution in [0.4, 0.5) is 0 Å². The molecule has 2 aliphatic rings. The first-order valence-corrected chi connectivity index (χ1v) is 10.5. The highest BCUT2D eigenvalue weighted by Gasteiger charge is 2.21. The number of hydrogen-bond donors (Lipinski definition) is 0. The Morgan fingerprint density at radius 2 is 2.04 bits per heavy atom. The smallest absolute Gasteiger partial charge is 0.118 e. The van der Waals surface area contributed by atoms with Crippen LogP contribution in [0.25, 0.3) is 6.08 Å². The second-order valence-electron chi connectivity index (χ2n) is 7.13. The number of hydrogen-bond acceptors (Lipinski definition) is 4. The minimum Gasteiger partial charge on any atom is -0.396 e. The standard InChI is InChI=1S/C21H29BrN2O2/c1-17-4-2-5-19(16-18-6-8-20(22)9-7-18)21(17)23-26-13-3-10-24-11-14-25-15-12-24/h6-9,16-17H,2-5,10-15H2,1H3/b19-16+,23-21+/t17-/m1/s1. The number of halogens is 1. The minimum absolute atomic E-state index is 0.463. The lowest BCUT2D eigenvalue weighted by molar-refractivity contribution is 0.0322. The average molecular weight is 421 g/mol. The number of nitrogens with zero attached hydrogens (tertiary/aromatic N) is 2. The van der Waals surface area contributed by atoms with Crippen LogP contribution in [0.5, 0.6) is 0 Å². The number of morpholine rings is 1. The molecule has 1 heterocycles. The lowest BCUT2D eigenvalue weighted by Gasteiger charge is -2.26. The van der Waals surface area contributed by atoms with E-state index in [2.05, 4.69) is 63.3 Å². The van der Waals surface area contributed by atoms with E-state index >= 15 is 0 Å². The van der Waals surface area contributed by atoms with E-state index in [1.54, 1.807) is 0 Å². The van der Waals surface area contributed by atoms with Crippen LogP contribution in [0.15, 0.2) is 39.5 Å². The topological polar surface area (TPSA) is 34.1 Å². The molecule has 0 radical (unpaired) electrons. The summed E-state index contributed by atoms with van der Waals surface area (Å²) in [5.41, 5.74) is 3.67. The predicted molar refractivity (Wildman–Crippen MR) is 110 cm³/mol. The Balaban J connectivity index is 1.55. The maximum atomic E-state index is 5.70. The van der Waals surface area contributed by atoms with Crippen molar-refractivity contribution in [3.8, 4) is 0 Å². The van der Waals surface area contributed by atoms with Crippen molar-refractivity contribution in [3.63, 3.8) is 0 Å². The van der Waals surface area contributed by atoms with Gasteiger partial charge in [-0.2, -0.15) is 0 Å². The Bertz CT molecular complexity index is 621. The Morgan fingerprint density at radius 1 is 1.27 bits per heavy atom. The highest BCUT2D eigenvalue weighted by atomic mass is 79.9. The maximum Gasteiger partial charge on any atom is 0.118 e. The second-order valence-corrected chi connectivity index (χ2v) is 8.05. The molecule has 0 bridgehead atoms. The summed E-state index contributed by atoms with van der Waals surface area (Å²) >= 11 is 3.49. The second kappa shape index (κ2) is 10.2. The molecule has 1 aromatic carbocycles. The third kappa shape index (κ3) is 5.93. The molecule has 0 spiro atoms. The van der Waals surface area contributed by atoms with E-state index in [0.29, 0.717) is 12.5 Å². The van der Waals surface area contributed by atoms with Crippen molar-refractivity contribution >= 4 is 27.7 Å². The summed E-state index contributed by atoms with van der Waals surface area (Å²) in [6.07, 6.45) is 6.76. The van der Waals surface area contributed by atoms with E-state index in [9.17, 15) is 0 Å². The van der Waals surface area contributed by atoms with Gasteiger partial charge in [-0.05, 0) is 55.0 Å². The molecule has 142 valence electrons. The van der Waals surface area contributed by atoms with Gasteiger partial charge >= 0.3 is 0 Å². The van der Waals surface area contributed by atoms with Crippen molar-refractivity contribution < 1.29 is 9.57 Å². The van der Waals surface area contributed by atoms with Crippen LogP contribution in [-0.4, -0.2) is 50.1 Å². The zero-order valence-corrected chi connectivity index (χ0v) is 17.2. The van der Waals surface area contributed by atoms with Gasteiger partial charge in [0.2, 0.25) is 0 Å². The molecule has 1 aliphatic carbocycles. The summed E-state index contributed by atoms with van der Waals surface area (Å²) < 4.78 is 6.49. The highest BCUT2D eigenvalue weighted by molar-refractivity contribution is 9.10. The highest BCUT2D eigenvalue weighted by Crippen LogP contribution is 2.28. The molecule has 4 nitrogen and oxygen atoms in total. The Kier molecular flexibility index (Phi) is 7.71. The molecule has 5 heteroatoms. The largest absolute Gasteiger partial charge is 0.396 e. The van der Waals surface area contributed by atoms with Crippen molar-refractivity contribution in [1.29, 1.82) is 0 Å². The van der Waals surface area contributed by atoms with Gasteiger partial charge in [0.25, 0.3) is 0 Å². The molecule has 1 atom stereocenters.